The summed E-state index contributed by atoms with van der Waals surface area (Å²) < 4.78 is 10.9. The molecular formula is C17H26N2O3. The van der Waals surface area contributed by atoms with E-state index in [2.05, 4.69) is 0 Å². The summed E-state index contributed by atoms with van der Waals surface area (Å²) in [5.74, 6) is 0.867. The topological polar surface area (TPSA) is 64.8 Å². The van der Waals surface area contributed by atoms with Gasteiger partial charge in [0.1, 0.15) is 11.4 Å². The first-order valence-corrected chi connectivity index (χ1v) is 7.68. The molecular weight excluding hydrogens is 280 g/mol. The molecule has 1 heterocycles. The van der Waals surface area contributed by atoms with Crippen molar-refractivity contribution in [2.45, 2.75) is 44.8 Å². The van der Waals surface area contributed by atoms with Gasteiger partial charge in [-0.15, -0.1) is 0 Å². The zero-order valence-corrected chi connectivity index (χ0v) is 13.8. The predicted octanol–water partition coefficient (Wildman–Crippen LogP) is 2.75. The van der Waals surface area contributed by atoms with Crippen LogP contribution in [0.1, 0.15) is 38.7 Å². The summed E-state index contributed by atoms with van der Waals surface area (Å²) in [6.45, 7) is 6.80. The Morgan fingerprint density at radius 1 is 1.32 bits per heavy atom. The first kappa shape index (κ1) is 16.6. The fourth-order valence-electron chi connectivity index (χ4n) is 2.76. The van der Waals surface area contributed by atoms with E-state index in [0.29, 0.717) is 13.1 Å². The van der Waals surface area contributed by atoms with E-state index in [1.165, 1.54) is 0 Å². The molecule has 0 spiro atoms. The highest BCUT2D eigenvalue weighted by molar-refractivity contribution is 5.68. The number of carbonyl (C=O) groups is 1. The third-order valence-corrected chi connectivity index (χ3v) is 3.86. The molecule has 22 heavy (non-hydrogen) atoms. The van der Waals surface area contributed by atoms with Gasteiger partial charge in [-0.1, -0.05) is 18.2 Å². The van der Waals surface area contributed by atoms with E-state index in [4.69, 9.17) is 15.2 Å². The molecule has 1 aromatic rings. The van der Waals surface area contributed by atoms with Crippen molar-refractivity contribution in [1.82, 2.24) is 4.90 Å². The number of ether oxygens (including phenoxy) is 2. The minimum Gasteiger partial charge on any atom is -0.496 e. The average molecular weight is 306 g/mol. The maximum atomic E-state index is 12.3. The number of benzene rings is 1. The number of piperidine rings is 1. The standard InChI is InChI=1S/C17H26N2O3/c1-17(2,3)22-16(20)19-10-9-14(18)13(11-19)12-7-5-6-8-15(12)21-4/h5-8,13-14H,9-11,18H2,1-4H3/t13-,14+/m0/s1. The maximum absolute atomic E-state index is 12.3. The zero-order valence-electron chi connectivity index (χ0n) is 13.8. The fourth-order valence-corrected chi connectivity index (χ4v) is 2.76. The largest absolute Gasteiger partial charge is 0.496 e. The lowest BCUT2D eigenvalue weighted by Gasteiger charge is -2.38. The molecule has 122 valence electrons. The summed E-state index contributed by atoms with van der Waals surface area (Å²) in [5, 5.41) is 0. The van der Waals surface area contributed by atoms with Crippen LogP contribution in [0.5, 0.6) is 5.75 Å². The van der Waals surface area contributed by atoms with Gasteiger partial charge in [-0.05, 0) is 33.3 Å². The highest BCUT2D eigenvalue weighted by atomic mass is 16.6. The van der Waals surface area contributed by atoms with Crippen LogP contribution in [0.15, 0.2) is 24.3 Å². The van der Waals surface area contributed by atoms with Crippen LogP contribution in [0.4, 0.5) is 4.79 Å². The number of amides is 1. The number of methoxy groups -OCH3 is 1. The molecule has 0 saturated carbocycles. The smallest absolute Gasteiger partial charge is 0.410 e. The number of carbonyl (C=O) groups excluding carboxylic acids is 1. The Labute approximate surface area is 132 Å². The van der Waals surface area contributed by atoms with Crippen LogP contribution in [-0.4, -0.2) is 42.8 Å². The summed E-state index contributed by atoms with van der Waals surface area (Å²) in [6.07, 6.45) is 0.474. The van der Waals surface area contributed by atoms with Crippen molar-refractivity contribution >= 4 is 6.09 Å². The molecule has 5 heteroatoms. The number of rotatable bonds is 2. The quantitative estimate of drug-likeness (QED) is 0.912. The van der Waals surface area contributed by atoms with Crippen LogP contribution < -0.4 is 10.5 Å². The summed E-state index contributed by atoms with van der Waals surface area (Å²) in [5.41, 5.74) is 6.85. The van der Waals surface area contributed by atoms with Gasteiger partial charge in [0, 0.05) is 30.6 Å². The van der Waals surface area contributed by atoms with Gasteiger partial charge in [0.25, 0.3) is 0 Å². The Hall–Kier alpha value is -1.75. The Kier molecular flexibility index (Phi) is 4.96. The summed E-state index contributed by atoms with van der Waals surface area (Å²) in [6, 6.07) is 7.85. The second-order valence-corrected chi connectivity index (χ2v) is 6.73. The molecule has 0 unspecified atom stereocenters. The second kappa shape index (κ2) is 6.57. The second-order valence-electron chi connectivity index (χ2n) is 6.73. The first-order chi connectivity index (χ1) is 10.3. The zero-order chi connectivity index (χ0) is 16.3. The highest BCUT2D eigenvalue weighted by Crippen LogP contribution is 2.33. The summed E-state index contributed by atoms with van der Waals surface area (Å²) >= 11 is 0. The number of nitrogens with zero attached hydrogens (tertiary/aromatic N) is 1. The lowest BCUT2D eigenvalue weighted by atomic mass is 9.86. The molecule has 2 rings (SSSR count). The SMILES string of the molecule is COc1ccccc1[C@@H]1CN(C(=O)OC(C)(C)C)CC[C@H]1N. The van der Waals surface area contributed by atoms with Gasteiger partial charge < -0.3 is 20.1 Å². The van der Waals surface area contributed by atoms with Gasteiger partial charge in [0.05, 0.1) is 7.11 Å². The van der Waals surface area contributed by atoms with Gasteiger partial charge in [-0.3, -0.25) is 0 Å². The number of hydrogen-bond acceptors (Lipinski definition) is 4. The molecule has 0 aromatic heterocycles. The Morgan fingerprint density at radius 3 is 2.64 bits per heavy atom. The van der Waals surface area contributed by atoms with Gasteiger partial charge >= 0.3 is 6.09 Å². The Morgan fingerprint density at radius 2 is 2.00 bits per heavy atom. The lowest BCUT2D eigenvalue weighted by molar-refractivity contribution is 0.0185. The molecule has 0 bridgehead atoms. The number of hydrogen-bond donors (Lipinski definition) is 1. The number of nitrogens with two attached hydrogens (primary N) is 1. The van der Waals surface area contributed by atoms with E-state index < -0.39 is 5.60 Å². The number of likely N-dealkylation sites (tertiary alicyclic amines) is 1. The van der Waals surface area contributed by atoms with Crippen molar-refractivity contribution in [2.24, 2.45) is 5.73 Å². The van der Waals surface area contributed by atoms with Gasteiger partial charge in [-0.2, -0.15) is 0 Å². The van der Waals surface area contributed by atoms with Crippen LogP contribution in [0.2, 0.25) is 0 Å². The predicted molar refractivity (Wildman–Crippen MR) is 86.1 cm³/mol. The summed E-state index contributed by atoms with van der Waals surface area (Å²) in [4.78, 5) is 14.0. The van der Waals surface area contributed by atoms with Crippen molar-refractivity contribution in [3.8, 4) is 5.75 Å². The molecule has 1 aliphatic heterocycles. The van der Waals surface area contributed by atoms with Crippen molar-refractivity contribution in [3.63, 3.8) is 0 Å². The first-order valence-electron chi connectivity index (χ1n) is 7.68. The van der Waals surface area contributed by atoms with Gasteiger partial charge in [0.2, 0.25) is 0 Å². The van der Waals surface area contributed by atoms with Crippen LogP contribution in [-0.2, 0) is 4.74 Å². The van der Waals surface area contributed by atoms with E-state index in [9.17, 15) is 4.79 Å². The molecule has 0 aliphatic carbocycles. The third-order valence-electron chi connectivity index (χ3n) is 3.86. The maximum Gasteiger partial charge on any atom is 0.410 e. The minimum atomic E-state index is -0.490. The van der Waals surface area contributed by atoms with E-state index in [-0.39, 0.29) is 18.1 Å². The van der Waals surface area contributed by atoms with Crippen molar-refractivity contribution in [3.05, 3.63) is 29.8 Å². The van der Waals surface area contributed by atoms with E-state index in [1.54, 1.807) is 12.0 Å². The molecule has 0 radical (unpaired) electrons. The van der Waals surface area contributed by atoms with Crippen molar-refractivity contribution in [1.29, 1.82) is 0 Å². The highest BCUT2D eigenvalue weighted by Gasteiger charge is 2.33. The van der Waals surface area contributed by atoms with E-state index in [1.807, 2.05) is 45.0 Å². The lowest BCUT2D eigenvalue weighted by Crippen LogP contribution is -2.49. The third kappa shape index (κ3) is 3.91. The molecule has 1 aliphatic rings. The molecule has 5 nitrogen and oxygen atoms in total. The van der Waals surface area contributed by atoms with Crippen molar-refractivity contribution in [2.75, 3.05) is 20.2 Å². The van der Waals surface area contributed by atoms with Crippen LogP contribution in [0, 0.1) is 0 Å². The van der Waals surface area contributed by atoms with Crippen LogP contribution in [0.3, 0.4) is 0 Å². The fraction of sp³-hybridized carbons (Fsp3) is 0.588. The van der Waals surface area contributed by atoms with Gasteiger partial charge in [0.15, 0.2) is 0 Å². The molecule has 1 saturated heterocycles. The monoisotopic (exact) mass is 306 g/mol. The summed E-state index contributed by atoms with van der Waals surface area (Å²) in [7, 11) is 1.65. The average Bonchev–Trinajstić information content (AvgIpc) is 2.46. The molecule has 1 fully saturated rings. The molecule has 1 aromatic carbocycles. The van der Waals surface area contributed by atoms with Crippen LogP contribution >= 0.6 is 0 Å². The van der Waals surface area contributed by atoms with Crippen LogP contribution in [0.25, 0.3) is 0 Å². The normalized spacial score (nSPS) is 22.3. The Bertz CT molecular complexity index is 525. The van der Waals surface area contributed by atoms with E-state index in [0.717, 1.165) is 17.7 Å². The molecule has 1 amide bonds. The van der Waals surface area contributed by atoms with Crippen molar-refractivity contribution < 1.29 is 14.3 Å². The molecule has 2 atom stereocenters. The number of para-hydroxylation sites is 1. The Balaban J connectivity index is 2.16. The minimum absolute atomic E-state index is 0.00925. The van der Waals surface area contributed by atoms with Gasteiger partial charge in [-0.25, -0.2) is 4.79 Å². The molecule has 2 N–H and O–H groups in total. The van der Waals surface area contributed by atoms with E-state index >= 15 is 0 Å².